The highest BCUT2D eigenvalue weighted by molar-refractivity contribution is 7.92. The van der Waals surface area contributed by atoms with Crippen LogP contribution < -0.4 is 14.4 Å². The topological polar surface area (TPSA) is 96.0 Å². The van der Waals surface area contributed by atoms with Gasteiger partial charge in [-0.1, -0.05) is 74.0 Å². The third kappa shape index (κ3) is 7.55. The number of nitrogens with zero attached hydrogens (tertiary/aromatic N) is 2. The van der Waals surface area contributed by atoms with Gasteiger partial charge in [0.15, 0.2) is 0 Å². The van der Waals surface area contributed by atoms with Crippen LogP contribution in [-0.4, -0.2) is 50.9 Å². The van der Waals surface area contributed by atoms with E-state index in [0.29, 0.717) is 6.42 Å². The lowest BCUT2D eigenvalue weighted by molar-refractivity contribution is -0.140. The predicted molar refractivity (Wildman–Crippen MR) is 158 cm³/mol. The lowest BCUT2D eigenvalue weighted by Gasteiger charge is -2.34. The van der Waals surface area contributed by atoms with Crippen molar-refractivity contribution in [3.63, 3.8) is 0 Å². The van der Waals surface area contributed by atoms with E-state index >= 15 is 0 Å². The molecule has 0 saturated carbocycles. The van der Waals surface area contributed by atoms with Gasteiger partial charge in [-0.05, 0) is 55.7 Å². The first kappa shape index (κ1) is 31.0. The summed E-state index contributed by atoms with van der Waals surface area (Å²) in [6.07, 6.45) is 1.07. The van der Waals surface area contributed by atoms with Crippen molar-refractivity contribution >= 4 is 39.1 Å². The molecule has 214 valence electrons. The van der Waals surface area contributed by atoms with Crippen molar-refractivity contribution in [2.75, 3.05) is 18.0 Å². The molecule has 0 aromatic heterocycles. The fourth-order valence-corrected chi connectivity index (χ4v) is 5.84. The summed E-state index contributed by atoms with van der Waals surface area (Å²) in [5.41, 5.74) is 0.924. The smallest absolute Gasteiger partial charge is 0.264 e. The first-order chi connectivity index (χ1) is 19.1. The second-order valence-electron chi connectivity index (χ2n) is 9.39. The van der Waals surface area contributed by atoms with Crippen LogP contribution in [0.5, 0.6) is 5.75 Å². The molecule has 2 amide bonds. The minimum atomic E-state index is -4.23. The maximum absolute atomic E-state index is 14.1. The van der Waals surface area contributed by atoms with E-state index in [2.05, 4.69) is 5.32 Å². The maximum Gasteiger partial charge on any atom is 0.264 e. The van der Waals surface area contributed by atoms with Crippen molar-refractivity contribution in [3.05, 3.63) is 89.4 Å². The SMILES string of the molecule is CC[C@H](C(=O)N[C@@H](C)CC)N(Cc1ccccc1)C(=O)CN(c1cc(Cl)ccc1OC)S(=O)(=O)c1ccccc1. The number of methoxy groups -OCH3 is 1. The fourth-order valence-electron chi connectivity index (χ4n) is 4.23. The molecular formula is C30H36ClN3O5S. The summed E-state index contributed by atoms with van der Waals surface area (Å²) in [4.78, 5) is 28.9. The molecule has 0 radical (unpaired) electrons. The van der Waals surface area contributed by atoms with Crippen molar-refractivity contribution in [3.8, 4) is 5.75 Å². The molecule has 10 heteroatoms. The molecule has 8 nitrogen and oxygen atoms in total. The summed E-state index contributed by atoms with van der Waals surface area (Å²) >= 11 is 6.27. The van der Waals surface area contributed by atoms with Crippen molar-refractivity contribution in [2.24, 2.45) is 0 Å². The molecule has 0 spiro atoms. The minimum Gasteiger partial charge on any atom is -0.495 e. The maximum atomic E-state index is 14.1. The van der Waals surface area contributed by atoms with Crippen molar-refractivity contribution < 1.29 is 22.7 Å². The Labute approximate surface area is 241 Å². The zero-order valence-corrected chi connectivity index (χ0v) is 24.8. The van der Waals surface area contributed by atoms with E-state index < -0.39 is 28.5 Å². The first-order valence-corrected chi connectivity index (χ1v) is 15.0. The molecule has 0 unspecified atom stereocenters. The highest BCUT2D eigenvalue weighted by Crippen LogP contribution is 2.35. The molecule has 1 N–H and O–H groups in total. The summed E-state index contributed by atoms with van der Waals surface area (Å²) < 4.78 is 34.4. The summed E-state index contributed by atoms with van der Waals surface area (Å²) in [5.74, 6) is -0.608. The summed E-state index contributed by atoms with van der Waals surface area (Å²) in [5, 5.41) is 3.24. The van der Waals surface area contributed by atoms with Gasteiger partial charge in [0, 0.05) is 17.6 Å². The van der Waals surface area contributed by atoms with Crippen LogP contribution in [0.25, 0.3) is 0 Å². The van der Waals surface area contributed by atoms with Gasteiger partial charge < -0.3 is 15.0 Å². The summed E-state index contributed by atoms with van der Waals surface area (Å²) in [6.45, 7) is 5.23. The molecule has 0 bridgehead atoms. The average Bonchev–Trinajstić information content (AvgIpc) is 2.96. The molecule has 3 rings (SSSR count). The van der Waals surface area contributed by atoms with Crippen LogP contribution in [0.1, 0.15) is 39.2 Å². The number of carbonyl (C=O) groups excluding carboxylic acids is 2. The molecule has 0 aliphatic carbocycles. The Bertz CT molecular complexity index is 1390. The second kappa shape index (κ2) is 14.2. The normalized spacial score (nSPS) is 12.7. The molecule has 0 saturated heterocycles. The Morgan fingerprint density at radius 3 is 2.15 bits per heavy atom. The molecule has 3 aromatic carbocycles. The number of anilines is 1. The molecule has 3 aromatic rings. The van der Waals surface area contributed by atoms with E-state index in [0.717, 1.165) is 16.3 Å². The Morgan fingerprint density at radius 2 is 1.57 bits per heavy atom. The van der Waals surface area contributed by atoms with E-state index in [1.54, 1.807) is 30.3 Å². The van der Waals surface area contributed by atoms with Crippen LogP contribution >= 0.6 is 11.6 Å². The summed E-state index contributed by atoms with van der Waals surface area (Å²) in [7, 11) is -2.82. The van der Waals surface area contributed by atoms with Crippen LogP contribution in [-0.2, 0) is 26.2 Å². The highest BCUT2D eigenvalue weighted by atomic mass is 35.5. The number of halogens is 1. The monoisotopic (exact) mass is 585 g/mol. The number of carbonyl (C=O) groups is 2. The third-order valence-corrected chi connectivity index (χ3v) is 8.61. The number of sulfonamides is 1. The second-order valence-corrected chi connectivity index (χ2v) is 11.7. The Morgan fingerprint density at radius 1 is 0.950 bits per heavy atom. The number of hydrogen-bond acceptors (Lipinski definition) is 5. The van der Waals surface area contributed by atoms with Crippen molar-refractivity contribution in [1.29, 1.82) is 0 Å². The lowest BCUT2D eigenvalue weighted by Crippen LogP contribution is -2.53. The predicted octanol–water partition coefficient (Wildman–Crippen LogP) is 5.27. The number of rotatable bonds is 13. The van der Waals surface area contributed by atoms with E-state index in [1.807, 2.05) is 51.1 Å². The molecule has 0 heterocycles. The van der Waals surface area contributed by atoms with E-state index in [-0.39, 0.29) is 39.8 Å². The third-order valence-electron chi connectivity index (χ3n) is 6.60. The zero-order valence-electron chi connectivity index (χ0n) is 23.2. The summed E-state index contributed by atoms with van der Waals surface area (Å²) in [6, 6.07) is 20.8. The Balaban J connectivity index is 2.10. The van der Waals surface area contributed by atoms with E-state index in [1.165, 1.54) is 30.2 Å². The lowest BCUT2D eigenvalue weighted by atomic mass is 10.1. The molecule has 2 atom stereocenters. The van der Waals surface area contributed by atoms with Gasteiger partial charge in [0.2, 0.25) is 11.8 Å². The van der Waals surface area contributed by atoms with Crippen LogP contribution in [0.15, 0.2) is 83.8 Å². The van der Waals surface area contributed by atoms with Gasteiger partial charge in [-0.25, -0.2) is 8.42 Å². The van der Waals surface area contributed by atoms with Crippen LogP contribution in [0.3, 0.4) is 0 Å². The fraction of sp³-hybridized carbons (Fsp3) is 0.333. The average molecular weight is 586 g/mol. The van der Waals surface area contributed by atoms with Gasteiger partial charge in [0.1, 0.15) is 18.3 Å². The quantitative estimate of drug-likeness (QED) is 0.295. The molecular weight excluding hydrogens is 550 g/mol. The molecule has 0 aliphatic heterocycles. The van der Waals surface area contributed by atoms with Crippen LogP contribution in [0, 0.1) is 0 Å². The Hall–Kier alpha value is -3.56. The van der Waals surface area contributed by atoms with E-state index in [4.69, 9.17) is 16.3 Å². The largest absolute Gasteiger partial charge is 0.495 e. The van der Waals surface area contributed by atoms with Crippen LogP contribution in [0.4, 0.5) is 5.69 Å². The van der Waals surface area contributed by atoms with Gasteiger partial charge in [-0.2, -0.15) is 0 Å². The van der Waals surface area contributed by atoms with Crippen molar-refractivity contribution in [1.82, 2.24) is 10.2 Å². The van der Waals surface area contributed by atoms with Gasteiger partial charge in [-0.3, -0.25) is 13.9 Å². The van der Waals surface area contributed by atoms with Gasteiger partial charge in [-0.15, -0.1) is 0 Å². The number of nitrogens with one attached hydrogen (secondary N) is 1. The number of amides is 2. The minimum absolute atomic E-state index is 0.000920. The zero-order chi connectivity index (χ0) is 29.3. The highest BCUT2D eigenvalue weighted by Gasteiger charge is 2.35. The number of ether oxygens (including phenoxy) is 1. The number of benzene rings is 3. The standard InChI is InChI=1S/C30H36ClN3O5S/c1-5-22(3)32-30(36)26(6-2)33(20-23-13-9-7-10-14-23)29(35)21-34(27-19-24(31)17-18-28(27)39-4)40(37,38)25-15-11-8-12-16-25/h7-19,22,26H,5-6,20-21H2,1-4H3,(H,32,36)/t22-,26+/m0/s1. The van der Waals surface area contributed by atoms with Gasteiger partial charge in [0.05, 0.1) is 17.7 Å². The van der Waals surface area contributed by atoms with E-state index in [9.17, 15) is 18.0 Å². The van der Waals surface area contributed by atoms with Crippen LogP contribution in [0.2, 0.25) is 5.02 Å². The van der Waals surface area contributed by atoms with Gasteiger partial charge in [0.25, 0.3) is 10.0 Å². The first-order valence-electron chi connectivity index (χ1n) is 13.2. The Kier molecular flexibility index (Phi) is 11.0. The molecule has 40 heavy (non-hydrogen) atoms. The van der Waals surface area contributed by atoms with Crippen molar-refractivity contribution in [2.45, 2.75) is 57.1 Å². The van der Waals surface area contributed by atoms with Gasteiger partial charge >= 0.3 is 0 Å². The molecule has 0 fully saturated rings. The molecule has 0 aliphatic rings. The number of hydrogen-bond donors (Lipinski definition) is 1.